The standard InChI is InChI=1S/C27H33F6N2O3S/c1-4-20-15-19(16-34-13-11-24(17-34)12-14-35(2,18-24)39(3,37)38)5-10-23(20)21-6-8-22(9-7-21)25(36,26(28,29)30)27(31,32)33/h5-10,15,36H,4,11-14,16-18H2,1-3H3/q+1. The minimum atomic E-state index is -5.93. The predicted octanol–water partition coefficient (Wildman–Crippen LogP) is 5.23. The number of hydrogen-bond donors (Lipinski definition) is 1. The molecule has 2 aromatic rings. The third-order valence-electron chi connectivity index (χ3n) is 8.49. The zero-order chi connectivity index (χ0) is 29.1. The van der Waals surface area contributed by atoms with Crippen molar-refractivity contribution in [3.8, 4) is 11.1 Å². The SMILES string of the molecule is CCc1cc(CN2CCC3(CC[N+](C)(S(C)(=O)=O)C3)C2)ccc1-c1ccc(C(O)(C(F)(F)F)C(F)(F)F)cc1. The summed E-state index contributed by atoms with van der Waals surface area (Å²) in [5, 5.41) is 9.65. The smallest absolute Gasteiger partial charge is 0.369 e. The van der Waals surface area contributed by atoms with Gasteiger partial charge >= 0.3 is 12.4 Å². The van der Waals surface area contributed by atoms with Gasteiger partial charge in [0.25, 0.3) is 15.6 Å². The van der Waals surface area contributed by atoms with Crippen LogP contribution in [0.25, 0.3) is 11.1 Å². The lowest BCUT2D eigenvalue weighted by molar-refractivity contribution is -0.773. The van der Waals surface area contributed by atoms with Gasteiger partial charge in [0.15, 0.2) is 0 Å². The molecule has 0 amide bonds. The number of benzene rings is 2. The molecule has 1 spiro atoms. The number of alkyl halides is 6. The average Bonchev–Trinajstić information content (AvgIpc) is 3.39. The van der Waals surface area contributed by atoms with Crippen molar-refractivity contribution in [2.75, 3.05) is 39.5 Å². The van der Waals surface area contributed by atoms with E-state index in [0.29, 0.717) is 49.3 Å². The van der Waals surface area contributed by atoms with Gasteiger partial charge in [0.2, 0.25) is 0 Å². The first-order chi connectivity index (χ1) is 17.8. The van der Waals surface area contributed by atoms with Gasteiger partial charge in [-0.1, -0.05) is 49.4 Å². The maximum absolute atomic E-state index is 13.2. The van der Waals surface area contributed by atoms with E-state index >= 15 is 0 Å². The number of halogens is 6. The molecule has 12 heteroatoms. The number of quaternary nitrogens is 1. The lowest BCUT2D eigenvalue weighted by Gasteiger charge is -2.32. The van der Waals surface area contributed by atoms with Crippen LogP contribution in [0.1, 0.15) is 36.5 Å². The van der Waals surface area contributed by atoms with E-state index in [1.54, 1.807) is 7.05 Å². The highest BCUT2D eigenvalue weighted by Crippen LogP contribution is 2.50. The Morgan fingerprint density at radius 2 is 1.62 bits per heavy atom. The minimum absolute atomic E-state index is 0.0398. The summed E-state index contributed by atoms with van der Waals surface area (Å²) in [6, 6.07) is 9.33. The van der Waals surface area contributed by atoms with Gasteiger partial charge in [0.05, 0.1) is 26.4 Å². The second-order valence-electron chi connectivity index (χ2n) is 11.3. The first kappa shape index (κ1) is 29.8. The van der Waals surface area contributed by atoms with Gasteiger partial charge in [-0.25, -0.2) is 3.89 Å². The van der Waals surface area contributed by atoms with Gasteiger partial charge in [0.1, 0.15) is 0 Å². The predicted molar refractivity (Wildman–Crippen MR) is 135 cm³/mol. The summed E-state index contributed by atoms with van der Waals surface area (Å²) >= 11 is 0. The molecule has 2 aliphatic heterocycles. The van der Waals surface area contributed by atoms with E-state index in [1.807, 2.05) is 25.1 Å². The molecule has 0 aromatic heterocycles. The Kier molecular flexibility index (Phi) is 7.45. The first-order valence-electron chi connectivity index (χ1n) is 12.7. The average molecular weight is 580 g/mol. The largest absolute Gasteiger partial charge is 0.430 e. The summed E-state index contributed by atoms with van der Waals surface area (Å²) in [5.74, 6) is 0. The van der Waals surface area contributed by atoms with Crippen LogP contribution in [0.15, 0.2) is 42.5 Å². The number of rotatable bonds is 6. The molecule has 2 fully saturated rings. The Morgan fingerprint density at radius 1 is 1.00 bits per heavy atom. The topological polar surface area (TPSA) is 57.6 Å². The molecule has 0 saturated carbocycles. The molecule has 2 unspecified atom stereocenters. The van der Waals surface area contributed by atoms with Crippen LogP contribution < -0.4 is 0 Å². The van der Waals surface area contributed by atoms with E-state index in [0.717, 1.165) is 49.2 Å². The quantitative estimate of drug-likeness (QED) is 0.376. The highest BCUT2D eigenvalue weighted by atomic mass is 32.2. The second kappa shape index (κ2) is 9.74. The number of hydrogen-bond acceptors (Lipinski definition) is 4. The van der Waals surface area contributed by atoms with Crippen LogP contribution in [-0.4, -0.2) is 74.1 Å². The molecule has 5 nitrogen and oxygen atoms in total. The molecular weight excluding hydrogens is 546 g/mol. The fourth-order valence-electron chi connectivity index (χ4n) is 6.08. The van der Waals surface area contributed by atoms with Crippen molar-refractivity contribution >= 4 is 10.0 Å². The highest BCUT2D eigenvalue weighted by Gasteiger charge is 2.71. The maximum atomic E-state index is 13.2. The Bertz CT molecular complexity index is 1310. The van der Waals surface area contributed by atoms with E-state index in [9.17, 15) is 39.9 Å². The van der Waals surface area contributed by atoms with Crippen molar-refractivity contribution in [1.29, 1.82) is 0 Å². The monoisotopic (exact) mass is 579 g/mol. The Labute approximate surface area is 224 Å². The van der Waals surface area contributed by atoms with Gasteiger partial charge in [-0.05, 0) is 41.6 Å². The Morgan fingerprint density at radius 3 is 2.13 bits per heavy atom. The lowest BCUT2D eigenvalue weighted by atomic mass is 9.86. The molecule has 216 valence electrons. The number of aryl methyl sites for hydroxylation is 1. The molecule has 0 aliphatic carbocycles. The molecule has 2 aromatic carbocycles. The van der Waals surface area contributed by atoms with Crippen LogP contribution in [0.3, 0.4) is 0 Å². The van der Waals surface area contributed by atoms with Crippen molar-refractivity contribution < 1.29 is 43.8 Å². The summed E-state index contributed by atoms with van der Waals surface area (Å²) in [5.41, 5.74) is -3.25. The van der Waals surface area contributed by atoms with Crippen LogP contribution in [0.5, 0.6) is 0 Å². The molecule has 1 N–H and O–H groups in total. The van der Waals surface area contributed by atoms with Crippen molar-refractivity contribution in [2.45, 2.75) is 50.7 Å². The van der Waals surface area contributed by atoms with Crippen LogP contribution >= 0.6 is 0 Å². The van der Waals surface area contributed by atoms with Gasteiger partial charge in [-0.15, -0.1) is 0 Å². The van der Waals surface area contributed by atoms with E-state index in [-0.39, 0.29) is 9.30 Å². The van der Waals surface area contributed by atoms with Crippen molar-refractivity contribution in [3.63, 3.8) is 0 Å². The van der Waals surface area contributed by atoms with Crippen LogP contribution in [0.2, 0.25) is 0 Å². The van der Waals surface area contributed by atoms with Gasteiger partial charge in [-0.3, -0.25) is 4.90 Å². The molecular formula is C27H33F6N2O3S+. The summed E-state index contributed by atoms with van der Waals surface area (Å²) in [7, 11) is -1.44. The summed E-state index contributed by atoms with van der Waals surface area (Å²) < 4.78 is 104. The fraction of sp³-hybridized carbons (Fsp3) is 0.556. The zero-order valence-corrected chi connectivity index (χ0v) is 22.8. The maximum Gasteiger partial charge on any atom is 0.430 e. The van der Waals surface area contributed by atoms with Gasteiger partial charge < -0.3 is 5.11 Å². The molecule has 2 aliphatic rings. The Balaban J connectivity index is 1.52. The molecule has 39 heavy (non-hydrogen) atoms. The van der Waals surface area contributed by atoms with Crippen molar-refractivity contribution in [3.05, 3.63) is 59.2 Å². The van der Waals surface area contributed by atoms with E-state index in [4.69, 9.17) is 0 Å². The van der Waals surface area contributed by atoms with Crippen molar-refractivity contribution in [2.24, 2.45) is 5.41 Å². The van der Waals surface area contributed by atoms with Gasteiger partial charge in [-0.2, -0.15) is 34.8 Å². The third kappa shape index (κ3) is 5.32. The summed E-state index contributed by atoms with van der Waals surface area (Å²) in [6.45, 7) is 5.40. The van der Waals surface area contributed by atoms with Crippen LogP contribution in [-0.2, 0) is 28.6 Å². The zero-order valence-electron chi connectivity index (χ0n) is 22.0. The Hall–Kier alpha value is -2.15. The molecule has 0 bridgehead atoms. The van der Waals surface area contributed by atoms with Crippen molar-refractivity contribution in [1.82, 2.24) is 4.90 Å². The second-order valence-corrected chi connectivity index (χ2v) is 13.6. The van der Waals surface area contributed by atoms with Crippen LogP contribution in [0, 0.1) is 5.41 Å². The number of sulfonamides is 1. The van der Waals surface area contributed by atoms with E-state index in [1.165, 1.54) is 6.26 Å². The third-order valence-corrected chi connectivity index (χ3v) is 10.4. The lowest BCUT2D eigenvalue weighted by Crippen LogP contribution is -2.53. The summed E-state index contributed by atoms with van der Waals surface area (Å²) in [6.07, 6.45) is -8.22. The first-order valence-corrected chi connectivity index (χ1v) is 14.5. The van der Waals surface area contributed by atoms with Gasteiger partial charge in [0, 0.05) is 30.5 Å². The number of aliphatic hydroxyl groups is 1. The molecule has 0 radical (unpaired) electrons. The normalized spacial score (nSPS) is 25.1. The minimum Gasteiger partial charge on any atom is -0.369 e. The van der Waals surface area contributed by atoms with E-state index < -0.39 is 33.5 Å². The highest BCUT2D eigenvalue weighted by molar-refractivity contribution is 7.85. The fourth-order valence-corrected chi connectivity index (χ4v) is 7.01. The molecule has 2 saturated heterocycles. The van der Waals surface area contributed by atoms with E-state index in [2.05, 4.69) is 4.90 Å². The summed E-state index contributed by atoms with van der Waals surface area (Å²) in [4.78, 5) is 2.30. The number of likely N-dealkylation sites (tertiary alicyclic amines) is 2. The number of nitrogens with zero attached hydrogens (tertiary/aromatic N) is 2. The molecule has 4 rings (SSSR count). The van der Waals surface area contributed by atoms with Crippen LogP contribution in [0.4, 0.5) is 26.3 Å². The molecule has 2 atom stereocenters. The molecule has 2 heterocycles.